The lowest BCUT2D eigenvalue weighted by Crippen LogP contribution is -1.98. The second kappa shape index (κ2) is 21.6. The Bertz CT molecular complexity index is 4090. The number of aliphatic imine (C=N–C) groups is 1. The zero-order chi connectivity index (χ0) is 52.1. The highest BCUT2D eigenvalue weighted by atomic mass is 15.0. The van der Waals surface area contributed by atoms with E-state index in [0.717, 1.165) is 91.3 Å². The van der Waals surface area contributed by atoms with E-state index in [2.05, 4.69) is 243 Å². The van der Waals surface area contributed by atoms with Crippen molar-refractivity contribution in [1.29, 1.82) is 0 Å². The average molecular weight is 989 g/mol. The number of para-hydroxylation sites is 1. The molecule has 0 aliphatic heterocycles. The fourth-order valence-electron chi connectivity index (χ4n) is 10.5. The van der Waals surface area contributed by atoms with Crippen LogP contribution in [0.5, 0.6) is 0 Å². The largest absolute Gasteiger partial charge is 0.309 e. The van der Waals surface area contributed by atoms with Crippen LogP contribution in [0.2, 0.25) is 0 Å². The van der Waals surface area contributed by atoms with Crippen molar-refractivity contribution in [3.8, 4) is 61.8 Å². The van der Waals surface area contributed by atoms with Crippen molar-refractivity contribution in [3.63, 3.8) is 0 Å². The van der Waals surface area contributed by atoms with Gasteiger partial charge in [-0.05, 0) is 131 Å². The average Bonchev–Trinajstić information content (AvgIpc) is 3.89. The molecule has 0 saturated heterocycles. The SMILES string of the molecule is C=C(/C=C(\N=C(C)c1ccccc1)c1ccc(CCc2ccccc2-c2cc(-c3ccc4c(c3)c3ccccc3n4-c3cccc(-c4cc(-c5ccccc5)nc(-c5ccccc5)n4)c3)ccc2C)cc1)c1ccccc1. The molecule has 12 aromatic rings. The maximum absolute atomic E-state index is 5.17. The van der Waals surface area contributed by atoms with Gasteiger partial charge in [-0.15, -0.1) is 0 Å². The van der Waals surface area contributed by atoms with Gasteiger partial charge in [0.2, 0.25) is 0 Å². The van der Waals surface area contributed by atoms with Crippen LogP contribution >= 0.6 is 0 Å². The molecule has 0 aliphatic rings. The lowest BCUT2D eigenvalue weighted by atomic mass is 9.90. The molecule has 0 aliphatic carbocycles. The third kappa shape index (κ3) is 10.3. The number of nitrogens with zero attached hydrogens (tertiary/aromatic N) is 4. The van der Waals surface area contributed by atoms with Gasteiger partial charge in [0.05, 0.1) is 28.1 Å². The van der Waals surface area contributed by atoms with Crippen molar-refractivity contribution in [1.82, 2.24) is 14.5 Å². The monoisotopic (exact) mass is 988 g/mol. The standard InChI is InChI=1S/C73H56N4/c1-50-35-39-60(47-66(50)64-32-17-16-25-56(64)40-36-53-37-41-58(42-38-53)68(45-51(2)54-21-8-4-9-22-54)74-52(3)55-23-10-5-11-24-55)61-43-44-72-67(48-61)65-33-18-19-34-71(65)77(72)63-31-20-30-62(46-63)70-49-69(57-26-12-6-13-27-57)75-73(76-70)59-28-14-7-15-29-59/h4-35,37-39,41-49H,2,36,40H2,1,3H3/b68-45-,74-52?. The van der Waals surface area contributed by atoms with Crippen LogP contribution < -0.4 is 0 Å². The number of rotatable bonds is 14. The second-order valence-electron chi connectivity index (χ2n) is 19.7. The van der Waals surface area contributed by atoms with E-state index in [-0.39, 0.29) is 0 Å². The van der Waals surface area contributed by atoms with Crippen molar-refractivity contribution < 1.29 is 0 Å². The van der Waals surface area contributed by atoms with Gasteiger partial charge >= 0.3 is 0 Å². The quantitative estimate of drug-likeness (QED) is 0.0805. The van der Waals surface area contributed by atoms with Gasteiger partial charge in [0.15, 0.2) is 5.82 Å². The molecule has 2 aromatic heterocycles. The topological polar surface area (TPSA) is 43.1 Å². The summed E-state index contributed by atoms with van der Waals surface area (Å²) in [7, 11) is 0. The van der Waals surface area contributed by atoms with Crippen molar-refractivity contribution in [2.24, 2.45) is 4.99 Å². The molecule has 0 atom stereocenters. The first-order valence-electron chi connectivity index (χ1n) is 26.4. The molecule has 12 rings (SSSR count). The molecule has 77 heavy (non-hydrogen) atoms. The predicted molar refractivity (Wildman–Crippen MR) is 324 cm³/mol. The summed E-state index contributed by atoms with van der Waals surface area (Å²) in [5.74, 6) is 0.701. The van der Waals surface area contributed by atoms with E-state index in [9.17, 15) is 0 Å². The lowest BCUT2D eigenvalue weighted by Gasteiger charge is -2.15. The minimum Gasteiger partial charge on any atom is -0.309 e. The van der Waals surface area contributed by atoms with Crippen LogP contribution in [0, 0.1) is 6.92 Å². The van der Waals surface area contributed by atoms with Gasteiger partial charge < -0.3 is 4.57 Å². The number of aryl methyl sites for hydroxylation is 3. The highest BCUT2D eigenvalue weighted by Crippen LogP contribution is 2.39. The smallest absolute Gasteiger partial charge is 0.160 e. The third-order valence-corrected chi connectivity index (χ3v) is 14.6. The summed E-state index contributed by atoms with van der Waals surface area (Å²) >= 11 is 0. The van der Waals surface area contributed by atoms with E-state index in [1.165, 1.54) is 49.7 Å². The molecule has 0 bridgehead atoms. The summed E-state index contributed by atoms with van der Waals surface area (Å²) in [4.78, 5) is 15.4. The van der Waals surface area contributed by atoms with Gasteiger partial charge in [0.1, 0.15) is 0 Å². The van der Waals surface area contributed by atoms with Crippen LogP contribution in [0.15, 0.2) is 279 Å². The van der Waals surface area contributed by atoms with E-state index in [0.29, 0.717) is 5.82 Å². The summed E-state index contributed by atoms with van der Waals surface area (Å²) in [6.45, 7) is 8.72. The van der Waals surface area contributed by atoms with Crippen LogP contribution in [0.1, 0.15) is 40.3 Å². The van der Waals surface area contributed by atoms with Crippen molar-refractivity contribution in [2.75, 3.05) is 0 Å². The Morgan fingerprint density at radius 1 is 0.455 bits per heavy atom. The molecule has 2 heterocycles. The maximum Gasteiger partial charge on any atom is 0.160 e. The van der Waals surface area contributed by atoms with Crippen LogP contribution in [-0.2, 0) is 12.8 Å². The molecule has 0 unspecified atom stereocenters. The minimum atomic E-state index is 0.701. The molecular weight excluding hydrogens is 933 g/mol. The van der Waals surface area contributed by atoms with E-state index in [1.54, 1.807) is 0 Å². The summed E-state index contributed by atoms with van der Waals surface area (Å²) in [6, 6.07) is 92.5. The first-order valence-corrected chi connectivity index (χ1v) is 26.4. The summed E-state index contributed by atoms with van der Waals surface area (Å²) in [5.41, 5.74) is 22.9. The number of aromatic nitrogens is 3. The minimum absolute atomic E-state index is 0.701. The number of hydrogen-bond acceptors (Lipinski definition) is 3. The molecule has 0 radical (unpaired) electrons. The first-order chi connectivity index (χ1) is 37.9. The molecule has 10 aromatic carbocycles. The second-order valence-corrected chi connectivity index (χ2v) is 19.7. The maximum atomic E-state index is 5.17. The highest BCUT2D eigenvalue weighted by Gasteiger charge is 2.17. The molecular formula is C73H56N4. The zero-order valence-corrected chi connectivity index (χ0v) is 43.3. The third-order valence-electron chi connectivity index (χ3n) is 14.6. The summed E-state index contributed by atoms with van der Waals surface area (Å²) in [5, 5.41) is 2.42. The van der Waals surface area contributed by atoms with Gasteiger partial charge in [-0.25, -0.2) is 9.97 Å². The molecule has 0 spiro atoms. The van der Waals surface area contributed by atoms with Gasteiger partial charge in [-0.2, -0.15) is 0 Å². The fraction of sp³-hybridized carbons (Fsp3) is 0.0548. The predicted octanol–water partition coefficient (Wildman–Crippen LogP) is 18.6. The van der Waals surface area contributed by atoms with Crippen LogP contribution in [0.25, 0.3) is 94.9 Å². The number of fused-ring (bicyclic) bond motifs is 3. The van der Waals surface area contributed by atoms with Crippen molar-refractivity contribution >= 4 is 38.8 Å². The Labute approximate surface area is 451 Å². The Kier molecular flexibility index (Phi) is 13.5. The molecule has 0 amide bonds. The number of allylic oxidation sites excluding steroid dienone is 2. The van der Waals surface area contributed by atoms with E-state index in [1.807, 2.05) is 48.5 Å². The molecule has 4 heteroatoms. The Morgan fingerprint density at radius 2 is 1.05 bits per heavy atom. The Balaban J connectivity index is 0.835. The van der Waals surface area contributed by atoms with Gasteiger partial charge in [0, 0.05) is 44.4 Å². The summed E-state index contributed by atoms with van der Waals surface area (Å²) in [6.07, 6.45) is 3.92. The van der Waals surface area contributed by atoms with E-state index < -0.39 is 0 Å². The van der Waals surface area contributed by atoms with Crippen LogP contribution in [0.3, 0.4) is 0 Å². The first kappa shape index (κ1) is 48.2. The van der Waals surface area contributed by atoms with Gasteiger partial charge in [0.25, 0.3) is 0 Å². The van der Waals surface area contributed by atoms with Crippen LogP contribution in [0.4, 0.5) is 0 Å². The Morgan fingerprint density at radius 3 is 1.81 bits per heavy atom. The van der Waals surface area contributed by atoms with Crippen LogP contribution in [-0.4, -0.2) is 20.2 Å². The van der Waals surface area contributed by atoms with Gasteiger partial charge in [-0.1, -0.05) is 225 Å². The fourth-order valence-corrected chi connectivity index (χ4v) is 10.5. The number of benzene rings is 10. The molecule has 0 fully saturated rings. The van der Waals surface area contributed by atoms with Crippen molar-refractivity contribution in [2.45, 2.75) is 26.7 Å². The molecule has 4 nitrogen and oxygen atoms in total. The lowest BCUT2D eigenvalue weighted by molar-refractivity contribution is 0.961. The van der Waals surface area contributed by atoms with E-state index >= 15 is 0 Å². The van der Waals surface area contributed by atoms with E-state index in [4.69, 9.17) is 15.0 Å². The van der Waals surface area contributed by atoms with Crippen molar-refractivity contribution in [3.05, 3.63) is 307 Å². The molecule has 0 N–H and O–H groups in total. The molecule has 368 valence electrons. The zero-order valence-electron chi connectivity index (χ0n) is 43.3. The molecule has 0 saturated carbocycles. The number of hydrogen-bond donors (Lipinski definition) is 0. The van der Waals surface area contributed by atoms with Gasteiger partial charge in [-0.3, -0.25) is 4.99 Å². The Hall–Kier alpha value is -9.77. The normalized spacial score (nSPS) is 11.8. The highest BCUT2D eigenvalue weighted by molar-refractivity contribution is 6.10. The summed E-state index contributed by atoms with van der Waals surface area (Å²) < 4.78 is 2.39.